The molecule has 1 heterocycles. The second kappa shape index (κ2) is 9.12. The molecular weight excluding hydrogens is 432 g/mol. The van der Waals surface area contributed by atoms with Crippen LogP contribution in [0.2, 0.25) is 0 Å². The number of rotatable bonds is 7. The molecule has 0 fully saturated rings. The van der Waals surface area contributed by atoms with Gasteiger partial charge in [-0.3, -0.25) is 0 Å². The maximum atomic E-state index is 12.3. The molecule has 0 aliphatic heterocycles. The number of carbonyl (C=O) groups excluding carboxylic acids is 1. The average Bonchev–Trinajstić information content (AvgIpc) is 3.40. The second-order valence-corrected chi connectivity index (χ2v) is 9.44. The molecule has 0 saturated carbocycles. The molecule has 4 rings (SSSR count). The molecule has 34 heavy (non-hydrogen) atoms. The quantitative estimate of drug-likeness (QED) is 0.386. The van der Waals surface area contributed by atoms with E-state index in [1.165, 1.54) is 0 Å². The van der Waals surface area contributed by atoms with Crippen molar-refractivity contribution in [3.8, 4) is 34.7 Å². The van der Waals surface area contributed by atoms with Gasteiger partial charge < -0.3 is 18.5 Å². The summed E-state index contributed by atoms with van der Waals surface area (Å²) in [6.45, 7) is 4.08. The van der Waals surface area contributed by atoms with Crippen molar-refractivity contribution in [1.82, 2.24) is 10.1 Å². The van der Waals surface area contributed by atoms with E-state index in [2.05, 4.69) is 16.2 Å². The maximum absolute atomic E-state index is 12.3. The van der Waals surface area contributed by atoms with Crippen LogP contribution in [0.3, 0.4) is 0 Å². The van der Waals surface area contributed by atoms with Gasteiger partial charge in [0.05, 0.1) is 32.8 Å². The van der Waals surface area contributed by atoms with Gasteiger partial charge in [0, 0.05) is 16.7 Å². The number of benzene rings is 2. The highest BCUT2D eigenvalue weighted by Gasteiger charge is 2.25. The third-order valence-corrected chi connectivity index (χ3v) is 5.14. The number of aromatic nitrogens is 2. The van der Waals surface area contributed by atoms with Crippen molar-refractivity contribution in [1.29, 1.82) is 5.26 Å². The van der Waals surface area contributed by atoms with Crippen LogP contribution in [0.15, 0.2) is 47.0 Å². The lowest BCUT2D eigenvalue weighted by Crippen LogP contribution is -2.40. The molecule has 0 spiro atoms. The van der Waals surface area contributed by atoms with Crippen LogP contribution in [-0.2, 0) is 16.0 Å². The predicted octanol–water partition coefficient (Wildman–Crippen LogP) is 4.21. The molecule has 0 bridgehead atoms. The van der Waals surface area contributed by atoms with Gasteiger partial charge in [-0.15, -0.1) is 0 Å². The lowest BCUT2D eigenvalue weighted by molar-refractivity contribution is -0.862. The summed E-state index contributed by atoms with van der Waals surface area (Å²) in [7, 11) is 5.82. The molecule has 0 atom stereocenters. The summed E-state index contributed by atoms with van der Waals surface area (Å²) in [6.07, 6.45) is 2.45. The standard InChI is InChI=1S/C26H27N4O4/c1-16(2)32-22-11-9-17(13-18(22)14-27)26-28-25(29-34-26)21-8-6-7-20-19(21)10-12-23(20)33-24(31)15-30(3,4)5/h6-9,11-13,16H,10,15H2,1-5H3/q+1. The Bertz CT molecular complexity index is 1310. The highest BCUT2D eigenvalue weighted by molar-refractivity contribution is 5.84. The van der Waals surface area contributed by atoms with Crippen LogP contribution in [0.5, 0.6) is 5.75 Å². The van der Waals surface area contributed by atoms with Gasteiger partial charge in [-0.05, 0) is 50.1 Å². The van der Waals surface area contributed by atoms with Crippen molar-refractivity contribution < 1.29 is 23.3 Å². The monoisotopic (exact) mass is 459 g/mol. The average molecular weight is 460 g/mol. The van der Waals surface area contributed by atoms with Crippen LogP contribution in [0.4, 0.5) is 0 Å². The smallest absolute Gasteiger partial charge is 0.367 e. The van der Waals surface area contributed by atoms with Gasteiger partial charge in [-0.25, -0.2) is 4.79 Å². The van der Waals surface area contributed by atoms with Gasteiger partial charge in [0.1, 0.15) is 17.6 Å². The van der Waals surface area contributed by atoms with E-state index in [4.69, 9.17) is 14.0 Å². The molecule has 0 unspecified atom stereocenters. The number of fused-ring (bicyclic) bond motifs is 1. The van der Waals surface area contributed by atoms with Crippen LogP contribution in [-0.4, -0.2) is 54.4 Å². The zero-order valence-corrected chi connectivity index (χ0v) is 20.0. The lowest BCUT2D eigenvalue weighted by atomic mass is 10.0. The van der Waals surface area contributed by atoms with Crippen molar-refractivity contribution in [2.45, 2.75) is 26.4 Å². The van der Waals surface area contributed by atoms with E-state index in [9.17, 15) is 10.1 Å². The summed E-state index contributed by atoms with van der Waals surface area (Å²) in [4.78, 5) is 16.9. The fourth-order valence-electron chi connectivity index (χ4n) is 3.75. The number of ether oxygens (including phenoxy) is 2. The Balaban J connectivity index is 1.59. The normalized spacial score (nSPS) is 12.8. The van der Waals surface area contributed by atoms with E-state index >= 15 is 0 Å². The van der Waals surface area contributed by atoms with Crippen molar-refractivity contribution in [2.75, 3.05) is 27.7 Å². The van der Waals surface area contributed by atoms with Crippen LogP contribution in [0, 0.1) is 11.3 Å². The molecule has 1 aliphatic rings. The SMILES string of the molecule is CC(C)Oc1ccc(-c2nc(-c3cccc4c3CC=C4OC(=O)C[N+](C)(C)C)no2)cc1C#N. The number of quaternary nitrogens is 1. The molecule has 3 aromatic rings. The van der Waals surface area contributed by atoms with Gasteiger partial charge in [-0.2, -0.15) is 10.2 Å². The van der Waals surface area contributed by atoms with E-state index < -0.39 is 0 Å². The molecule has 0 N–H and O–H groups in total. The van der Waals surface area contributed by atoms with Gasteiger partial charge >= 0.3 is 5.97 Å². The van der Waals surface area contributed by atoms with Gasteiger partial charge in [0.25, 0.3) is 5.89 Å². The van der Waals surface area contributed by atoms with Gasteiger partial charge in [0.15, 0.2) is 6.54 Å². The van der Waals surface area contributed by atoms with Crippen LogP contribution < -0.4 is 4.74 Å². The molecule has 8 nitrogen and oxygen atoms in total. The molecule has 1 aromatic heterocycles. The zero-order valence-electron chi connectivity index (χ0n) is 20.0. The minimum atomic E-state index is -0.281. The van der Waals surface area contributed by atoms with Crippen LogP contribution in [0.25, 0.3) is 28.6 Å². The number of esters is 1. The largest absolute Gasteiger partial charge is 0.490 e. The highest BCUT2D eigenvalue weighted by Crippen LogP contribution is 2.36. The highest BCUT2D eigenvalue weighted by atomic mass is 16.5. The number of nitriles is 1. The summed E-state index contributed by atoms with van der Waals surface area (Å²) in [5.74, 6) is 1.52. The first-order valence-electron chi connectivity index (χ1n) is 11.0. The molecule has 2 aromatic carbocycles. The Hall–Kier alpha value is -3.96. The van der Waals surface area contributed by atoms with Gasteiger partial charge in [0.2, 0.25) is 5.82 Å². The third kappa shape index (κ3) is 5.00. The fraction of sp³-hybridized carbons (Fsp3) is 0.308. The van der Waals surface area contributed by atoms with E-state index in [1.54, 1.807) is 18.2 Å². The molecule has 8 heteroatoms. The number of nitrogens with zero attached hydrogens (tertiary/aromatic N) is 4. The minimum absolute atomic E-state index is 0.0431. The number of likely N-dealkylation sites (N-methyl/N-ethyl adjacent to an activating group) is 1. The Morgan fingerprint density at radius 3 is 2.68 bits per heavy atom. The van der Waals surface area contributed by atoms with Crippen LogP contribution >= 0.6 is 0 Å². The summed E-state index contributed by atoms with van der Waals surface area (Å²) < 4.78 is 17.3. The summed E-state index contributed by atoms with van der Waals surface area (Å²) in [5.41, 5.74) is 3.66. The van der Waals surface area contributed by atoms with Crippen molar-refractivity contribution >= 4 is 11.7 Å². The third-order valence-electron chi connectivity index (χ3n) is 5.14. The number of hydrogen-bond donors (Lipinski definition) is 0. The van der Waals surface area contributed by atoms with Gasteiger partial charge in [-0.1, -0.05) is 23.4 Å². The molecule has 0 radical (unpaired) electrons. The molecule has 1 aliphatic carbocycles. The number of carbonyl (C=O) groups is 1. The summed E-state index contributed by atoms with van der Waals surface area (Å²) >= 11 is 0. The molecule has 0 saturated heterocycles. The Kier molecular flexibility index (Phi) is 6.22. The van der Waals surface area contributed by atoms with Crippen molar-refractivity contribution in [2.24, 2.45) is 0 Å². The number of hydrogen-bond acceptors (Lipinski definition) is 7. The summed E-state index contributed by atoms with van der Waals surface area (Å²) in [6, 6.07) is 13.1. The second-order valence-electron chi connectivity index (χ2n) is 9.44. The zero-order chi connectivity index (χ0) is 24.5. The first-order chi connectivity index (χ1) is 16.1. The minimum Gasteiger partial charge on any atom is -0.490 e. The Labute approximate surface area is 198 Å². The van der Waals surface area contributed by atoms with E-state index in [1.807, 2.05) is 59.3 Å². The van der Waals surface area contributed by atoms with E-state index in [-0.39, 0.29) is 18.6 Å². The van der Waals surface area contributed by atoms with Crippen LogP contribution in [0.1, 0.15) is 30.5 Å². The fourth-order valence-corrected chi connectivity index (χ4v) is 3.75. The van der Waals surface area contributed by atoms with E-state index in [0.717, 1.165) is 16.7 Å². The topological polar surface area (TPSA) is 98.2 Å². The van der Waals surface area contributed by atoms with Crippen molar-refractivity contribution in [3.05, 3.63) is 59.2 Å². The Morgan fingerprint density at radius 1 is 1.21 bits per heavy atom. The Morgan fingerprint density at radius 2 is 1.97 bits per heavy atom. The molecule has 0 amide bonds. The first-order valence-corrected chi connectivity index (χ1v) is 11.0. The predicted molar refractivity (Wildman–Crippen MR) is 126 cm³/mol. The van der Waals surface area contributed by atoms with Crippen molar-refractivity contribution in [3.63, 3.8) is 0 Å². The lowest BCUT2D eigenvalue weighted by Gasteiger charge is -2.22. The molecular formula is C26H27N4O4+. The molecule has 174 valence electrons. The van der Waals surface area contributed by atoms with E-state index in [0.29, 0.717) is 45.3 Å². The number of allylic oxidation sites excluding steroid dienone is 1. The first kappa shape index (κ1) is 23.2. The maximum Gasteiger partial charge on any atom is 0.367 e. The summed E-state index contributed by atoms with van der Waals surface area (Å²) in [5, 5.41) is 13.7.